The largest absolute Gasteiger partial charge is 0.391 e. The fourth-order valence-corrected chi connectivity index (χ4v) is 5.65. The summed E-state index contributed by atoms with van der Waals surface area (Å²) in [5, 5.41) is 10.9. The van der Waals surface area contributed by atoms with Gasteiger partial charge in [-0.3, -0.25) is 4.90 Å². The number of aromatic nitrogens is 2. The van der Waals surface area contributed by atoms with Crippen LogP contribution in [0.3, 0.4) is 0 Å². The number of hydrogen-bond donors (Lipinski definition) is 2. The van der Waals surface area contributed by atoms with Gasteiger partial charge in [-0.2, -0.15) is 9.97 Å². The van der Waals surface area contributed by atoms with Crippen molar-refractivity contribution in [3.8, 4) is 0 Å². The summed E-state index contributed by atoms with van der Waals surface area (Å²) in [6.45, 7) is 9.23. The van der Waals surface area contributed by atoms with E-state index in [1.165, 1.54) is 0 Å². The summed E-state index contributed by atoms with van der Waals surface area (Å²) in [7, 11) is 2.18. The highest BCUT2D eigenvalue weighted by atomic mass is 16.5. The van der Waals surface area contributed by atoms with Crippen molar-refractivity contribution >= 4 is 17.6 Å². The molecule has 3 aliphatic heterocycles. The number of rotatable bonds is 3. The van der Waals surface area contributed by atoms with Gasteiger partial charge < -0.3 is 30.3 Å². The molecule has 0 amide bonds. The zero-order valence-corrected chi connectivity index (χ0v) is 18.0. The average molecular weight is 418 g/mol. The topological polar surface area (TPSA) is 94.2 Å². The predicted molar refractivity (Wildman–Crippen MR) is 117 cm³/mol. The summed E-state index contributed by atoms with van der Waals surface area (Å²) in [5.74, 6) is 3.27. The van der Waals surface area contributed by atoms with Crippen LogP contribution in [-0.2, 0) is 4.74 Å². The fourth-order valence-electron chi connectivity index (χ4n) is 5.65. The Kier molecular flexibility index (Phi) is 5.70. The number of anilines is 3. The van der Waals surface area contributed by atoms with E-state index < -0.39 is 0 Å². The van der Waals surface area contributed by atoms with Crippen LogP contribution < -0.4 is 15.5 Å². The molecule has 1 saturated carbocycles. The molecular formula is C21H35N7O2. The molecule has 1 aromatic rings. The molecule has 9 nitrogen and oxygen atoms in total. The summed E-state index contributed by atoms with van der Waals surface area (Å²) >= 11 is 0. The third-order valence-electron chi connectivity index (χ3n) is 7.45. The van der Waals surface area contributed by atoms with Gasteiger partial charge in [-0.1, -0.05) is 0 Å². The number of piperazine rings is 1. The number of aliphatic hydroxyl groups excluding tert-OH is 1. The van der Waals surface area contributed by atoms with Crippen LogP contribution in [0.5, 0.6) is 0 Å². The second kappa shape index (κ2) is 8.45. The van der Waals surface area contributed by atoms with Crippen molar-refractivity contribution in [3.63, 3.8) is 0 Å². The highest BCUT2D eigenvalue weighted by Gasteiger charge is 2.44. The van der Waals surface area contributed by atoms with E-state index in [1.807, 2.05) is 6.07 Å². The number of hydrogen-bond acceptors (Lipinski definition) is 9. The van der Waals surface area contributed by atoms with Crippen LogP contribution in [0.15, 0.2) is 6.07 Å². The maximum absolute atomic E-state index is 10.9. The Morgan fingerprint density at radius 1 is 0.967 bits per heavy atom. The van der Waals surface area contributed by atoms with Crippen LogP contribution in [0.1, 0.15) is 12.8 Å². The second-order valence-corrected chi connectivity index (χ2v) is 9.42. The number of nitrogen functional groups attached to an aromatic ring is 1. The van der Waals surface area contributed by atoms with E-state index in [2.05, 4.69) is 31.6 Å². The van der Waals surface area contributed by atoms with Gasteiger partial charge in [0.05, 0.1) is 19.3 Å². The van der Waals surface area contributed by atoms with Gasteiger partial charge in [-0.05, 0) is 31.7 Å². The average Bonchev–Trinajstić information content (AvgIpc) is 3.17. The van der Waals surface area contributed by atoms with E-state index >= 15 is 0 Å². The maximum atomic E-state index is 10.9. The van der Waals surface area contributed by atoms with Crippen molar-refractivity contribution in [2.45, 2.75) is 25.0 Å². The molecule has 3 N–H and O–H groups in total. The molecule has 0 bridgehead atoms. The Hall–Kier alpha value is -1.68. The first-order valence-corrected chi connectivity index (χ1v) is 11.4. The standard InChI is InChI=1S/C21H35N7O2/c1-25-2-4-26(5-3-25)17-10-15-13-28(14-16(15)11-18(17)29)20-12-19(22)23-21(24-20)27-6-8-30-9-7-27/h12,15-18,29H,2-11,13-14H2,1H3,(H2,22,23,24)/t15-,16+,17-,18-/m1/s1. The molecule has 0 spiro atoms. The minimum absolute atomic E-state index is 0.228. The monoisotopic (exact) mass is 417 g/mol. The van der Waals surface area contributed by atoms with Crippen molar-refractivity contribution in [2.24, 2.45) is 11.8 Å². The zero-order valence-electron chi connectivity index (χ0n) is 18.0. The lowest BCUT2D eigenvalue weighted by atomic mass is 9.77. The molecule has 30 heavy (non-hydrogen) atoms. The maximum Gasteiger partial charge on any atom is 0.229 e. The first-order valence-electron chi connectivity index (χ1n) is 11.4. The van der Waals surface area contributed by atoms with E-state index in [1.54, 1.807) is 0 Å². The summed E-state index contributed by atoms with van der Waals surface area (Å²) in [6, 6.07) is 2.19. The summed E-state index contributed by atoms with van der Waals surface area (Å²) < 4.78 is 5.45. The minimum atomic E-state index is -0.228. The van der Waals surface area contributed by atoms with Gasteiger partial charge in [0.2, 0.25) is 5.95 Å². The molecule has 5 rings (SSSR count). The smallest absolute Gasteiger partial charge is 0.229 e. The number of morpholine rings is 1. The van der Waals surface area contributed by atoms with Gasteiger partial charge >= 0.3 is 0 Å². The van der Waals surface area contributed by atoms with Gasteiger partial charge in [0.15, 0.2) is 0 Å². The molecular weight excluding hydrogens is 382 g/mol. The van der Waals surface area contributed by atoms with E-state index in [4.69, 9.17) is 15.5 Å². The molecule has 1 aliphatic carbocycles. The zero-order chi connectivity index (χ0) is 20.7. The van der Waals surface area contributed by atoms with E-state index in [0.29, 0.717) is 42.9 Å². The third-order valence-corrected chi connectivity index (χ3v) is 7.45. The molecule has 9 heteroatoms. The fraction of sp³-hybridized carbons (Fsp3) is 0.810. The van der Waals surface area contributed by atoms with Crippen LogP contribution in [0.4, 0.5) is 17.6 Å². The van der Waals surface area contributed by atoms with Crippen molar-refractivity contribution in [3.05, 3.63) is 6.07 Å². The molecule has 4 atom stereocenters. The molecule has 166 valence electrons. The van der Waals surface area contributed by atoms with Crippen LogP contribution in [0.2, 0.25) is 0 Å². The SMILES string of the molecule is CN1CCN([C@@H]2C[C@@H]3CN(c4cc(N)nc(N5CCOCC5)n4)C[C@@H]3C[C@H]2O)CC1. The first-order chi connectivity index (χ1) is 14.6. The van der Waals surface area contributed by atoms with Crippen LogP contribution >= 0.6 is 0 Å². The molecule has 0 aromatic carbocycles. The highest BCUT2D eigenvalue weighted by molar-refractivity contribution is 5.53. The van der Waals surface area contributed by atoms with E-state index in [-0.39, 0.29) is 6.10 Å². The number of ether oxygens (including phenoxy) is 1. The summed E-state index contributed by atoms with van der Waals surface area (Å²) in [6.07, 6.45) is 1.73. The van der Waals surface area contributed by atoms with Crippen molar-refractivity contribution in [1.82, 2.24) is 19.8 Å². The van der Waals surface area contributed by atoms with Crippen LogP contribution in [0, 0.1) is 11.8 Å². The van der Waals surface area contributed by atoms with Crippen molar-refractivity contribution < 1.29 is 9.84 Å². The molecule has 4 aliphatic rings. The normalized spacial score (nSPS) is 33.7. The molecule has 4 fully saturated rings. The number of nitrogens with two attached hydrogens (primary N) is 1. The number of aliphatic hydroxyl groups is 1. The van der Waals surface area contributed by atoms with E-state index in [9.17, 15) is 5.11 Å². The van der Waals surface area contributed by atoms with Gasteiger partial charge in [0, 0.05) is 64.5 Å². The lowest BCUT2D eigenvalue weighted by Crippen LogP contribution is -2.55. The second-order valence-electron chi connectivity index (χ2n) is 9.42. The first kappa shape index (κ1) is 20.2. The Morgan fingerprint density at radius 3 is 2.40 bits per heavy atom. The quantitative estimate of drug-likeness (QED) is 0.688. The number of likely N-dealkylation sites (N-methyl/N-ethyl adjacent to an activating group) is 1. The Labute approximate surface area is 178 Å². The Balaban J connectivity index is 1.28. The van der Waals surface area contributed by atoms with Crippen molar-refractivity contribution in [1.29, 1.82) is 0 Å². The molecule has 3 saturated heterocycles. The lowest BCUT2D eigenvalue weighted by Gasteiger charge is -2.44. The third kappa shape index (κ3) is 4.08. The number of fused-ring (bicyclic) bond motifs is 1. The Bertz CT molecular complexity index is 736. The predicted octanol–water partition coefficient (Wildman–Crippen LogP) is -0.281. The summed E-state index contributed by atoms with van der Waals surface area (Å²) in [5.41, 5.74) is 6.15. The summed E-state index contributed by atoms with van der Waals surface area (Å²) in [4.78, 5) is 18.7. The van der Waals surface area contributed by atoms with Crippen LogP contribution in [-0.4, -0.2) is 110 Å². The molecule has 1 aromatic heterocycles. The minimum Gasteiger partial charge on any atom is -0.391 e. The van der Waals surface area contributed by atoms with Crippen LogP contribution in [0.25, 0.3) is 0 Å². The van der Waals surface area contributed by atoms with E-state index in [0.717, 1.165) is 71.0 Å². The molecule has 0 unspecified atom stereocenters. The van der Waals surface area contributed by atoms with Crippen molar-refractivity contribution in [2.75, 3.05) is 88.2 Å². The lowest BCUT2D eigenvalue weighted by molar-refractivity contribution is -0.0249. The highest BCUT2D eigenvalue weighted by Crippen LogP contribution is 2.40. The Morgan fingerprint density at radius 2 is 1.67 bits per heavy atom. The van der Waals surface area contributed by atoms with Gasteiger partial charge in [0.25, 0.3) is 0 Å². The van der Waals surface area contributed by atoms with Gasteiger partial charge in [-0.15, -0.1) is 0 Å². The number of nitrogens with zero attached hydrogens (tertiary/aromatic N) is 6. The van der Waals surface area contributed by atoms with Gasteiger partial charge in [0.1, 0.15) is 11.6 Å². The molecule has 4 heterocycles. The molecule has 0 radical (unpaired) electrons. The van der Waals surface area contributed by atoms with Gasteiger partial charge in [-0.25, -0.2) is 0 Å².